The summed E-state index contributed by atoms with van der Waals surface area (Å²) in [6.07, 6.45) is -1.12. The van der Waals surface area contributed by atoms with Crippen molar-refractivity contribution in [2.75, 3.05) is 12.4 Å². The largest absolute Gasteiger partial charge is 0.491 e. The molecule has 2 N–H and O–H groups in total. The summed E-state index contributed by atoms with van der Waals surface area (Å²) >= 11 is 0. The first-order valence-electron chi connectivity index (χ1n) is 7.72. The van der Waals surface area contributed by atoms with E-state index in [4.69, 9.17) is 9.47 Å². The first-order chi connectivity index (χ1) is 11.1. The number of amides is 2. The van der Waals surface area contributed by atoms with Crippen LogP contribution in [0.3, 0.4) is 0 Å². The van der Waals surface area contributed by atoms with Crippen molar-refractivity contribution in [1.29, 1.82) is 0 Å². The molecule has 0 aliphatic heterocycles. The maximum Gasteiger partial charge on any atom is 0.411 e. The Morgan fingerprint density at radius 3 is 2.38 bits per heavy atom. The average Bonchev–Trinajstić information content (AvgIpc) is 2.44. The van der Waals surface area contributed by atoms with Gasteiger partial charge in [0.05, 0.1) is 13.2 Å². The fraction of sp³-hybridized carbons (Fsp3) is 0.529. The summed E-state index contributed by atoms with van der Waals surface area (Å²) in [5.41, 5.74) is 0.678. The maximum absolute atomic E-state index is 11.8. The highest BCUT2D eigenvalue weighted by molar-refractivity contribution is 5.84. The van der Waals surface area contributed by atoms with Crippen LogP contribution in [0.15, 0.2) is 18.2 Å². The number of hydrogen-bond acceptors (Lipinski definition) is 5. The van der Waals surface area contributed by atoms with Gasteiger partial charge in [0, 0.05) is 17.8 Å². The lowest BCUT2D eigenvalue weighted by atomic mass is 10.1. The number of alkyl carbamates (subject to hydrolysis) is 1. The zero-order valence-corrected chi connectivity index (χ0v) is 15.1. The summed E-state index contributed by atoms with van der Waals surface area (Å²) in [7, 11) is 1.29. The topological polar surface area (TPSA) is 85.9 Å². The van der Waals surface area contributed by atoms with Crippen LogP contribution in [0.4, 0.5) is 15.3 Å². The Morgan fingerprint density at radius 2 is 1.83 bits per heavy atom. The van der Waals surface area contributed by atoms with Crippen LogP contribution in [0.5, 0.6) is 5.75 Å². The molecule has 0 atom stereocenters. The molecule has 7 heteroatoms. The van der Waals surface area contributed by atoms with Crippen molar-refractivity contribution in [2.45, 2.75) is 52.9 Å². The summed E-state index contributed by atoms with van der Waals surface area (Å²) in [5.74, 6) is 0.622. The molecule has 0 aliphatic carbocycles. The minimum Gasteiger partial charge on any atom is -0.491 e. The minimum atomic E-state index is -0.574. The number of ether oxygens (including phenoxy) is 3. The number of methoxy groups -OCH3 is 1. The zero-order chi connectivity index (χ0) is 18.3. The highest BCUT2D eigenvalue weighted by Gasteiger charge is 2.17. The van der Waals surface area contributed by atoms with E-state index >= 15 is 0 Å². The number of hydrogen-bond donors (Lipinski definition) is 2. The Balaban J connectivity index is 2.88. The third kappa shape index (κ3) is 7.21. The van der Waals surface area contributed by atoms with Gasteiger partial charge in [0.2, 0.25) is 0 Å². The van der Waals surface area contributed by atoms with Gasteiger partial charge in [0.15, 0.2) is 0 Å². The van der Waals surface area contributed by atoms with Crippen LogP contribution in [0.1, 0.15) is 40.2 Å². The maximum atomic E-state index is 11.8. The Morgan fingerprint density at radius 1 is 1.17 bits per heavy atom. The molecule has 24 heavy (non-hydrogen) atoms. The second-order valence-electron chi connectivity index (χ2n) is 6.46. The molecule has 0 aliphatic rings. The standard InChI is InChI=1S/C17H26N2O5/c1-11(2)23-14-8-7-13(19-16(21)22-6)9-12(14)10-18-15(20)24-17(3,4)5/h7-9,11H,10H2,1-6H3,(H,18,20)(H,19,21). The number of nitrogens with one attached hydrogen (secondary N) is 2. The molecule has 0 bridgehead atoms. The number of rotatable bonds is 5. The number of carbonyl (C=O) groups excluding carboxylic acids is 2. The van der Waals surface area contributed by atoms with E-state index in [1.54, 1.807) is 39.0 Å². The van der Waals surface area contributed by atoms with Crippen LogP contribution >= 0.6 is 0 Å². The molecule has 1 aromatic rings. The van der Waals surface area contributed by atoms with Crippen molar-refractivity contribution < 1.29 is 23.8 Å². The molecule has 2 amide bonds. The smallest absolute Gasteiger partial charge is 0.411 e. The second kappa shape index (κ2) is 8.42. The third-order valence-corrected chi connectivity index (χ3v) is 2.68. The molecule has 1 aromatic carbocycles. The summed E-state index contributed by atoms with van der Waals surface area (Å²) in [6, 6.07) is 5.15. The number of benzene rings is 1. The van der Waals surface area contributed by atoms with E-state index in [-0.39, 0.29) is 12.6 Å². The fourth-order valence-electron chi connectivity index (χ4n) is 1.81. The van der Waals surface area contributed by atoms with Crippen molar-refractivity contribution in [2.24, 2.45) is 0 Å². The van der Waals surface area contributed by atoms with E-state index in [9.17, 15) is 9.59 Å². The van der Waals surface area contributed by atoms with Crippen LogP contribution in [-0.4, -0.2) is 31.0 Å². The van der Waals surface area contributed by atoms with E-state index in [1.807, 2.05) is 13.8 Å². The van der Waals surface area contributed by atoms with E-state index < -0.39 is 17.8 Å². The molecule has 0 saturated carbocycles. The Kier molecular flexibility index (Phi) is 6.88. The lowest BCUT2D eigenvalue weighted by molar-refractivity contribution is 0.0523. The van der Waals surface area contributed by atoms with Crippen LogP contribution in [0.25, 0.3) is 0 Å². The van der Waals surface area contributed by atoms with E-state index in [0.29, 0.717) is 17.0 Å². The first-order valence-corrected chi connectivity index (χ1v) is 7.72. The summed E-state index contributed by atoms with van der Waals surface area (Å²) < 4.78 is 15.5. The van der Waals surface area contributed by atoms with Gasteiger partial charge < -0.3 is 19.5 Å². The Hall–Kier alpha value is -2.44. The number of anilines is 1. The number of carbonyl (C=O) groups is 2. The molecular formula is C17H26N2O5. The normalized spacial score (nSPS) is 11.0. The molecule has 0 unspecified atom stereocenters. The summed E-state index contributed by atoms with van der Waals surface area (Å²) in [4.78, 5) is 23.1. The molecule has 0 saturated heterocycles. The quantitative estimate of drug-likeness (QED) is 0.855. The lowest BCUT2D eigenvalue weighted by Crippen LogP contribution is -2.32. The van der Waals surface area contributed by atoms with Gasteiger partial charge in [0.25, 0.3) is 0 Å². The second-order valence-corrected chi connectivity index (χ2v) is 6.46. The first kappa shape index (κ1) is 19.6. The van der Waals surface area contributed by atoms with Crippen molar-refractivity contribution in [3.8, 4) is 5.75 Å². The van der Waals surface area contributed by atoms with Gasteiger partial charge in [-0.15, -0.1) is 0 Å². The molecule has 0 fully saturated rings. The van der Waals surface area contributed by atoms with E-state index in [0.717, 1.165) is 0 Å². The van der Waals surface area contributed by atoms with Crippen LogP contribution < -0.4 is 15.4 Å². The van der Waals surface area contributed by atoms with Crippen LogP contribution in [0.2, 0.25) is 0 Å². The van der Waals surface area contributed by atoms with Gasteiger partial charge in [-0.25, -0.2) is 9.59 Å². The van der Waals surface area contributed by atoms with E-state index in [2.05, 4.69) is 15.4 Å². The average molecular weight is 338 g/mol. The van der Waals surface area contributed by atoms with Gasteiger partial charge in [-0.1, -0.05) is 0 Å². The molecule has 0 aromatic heterocycles. The van der Waals surface area contributed by atoms with Crippen molar-refractivity contribution in [3.05, 3.63) is 23.8 Å². The summed E-state index contributed by atoms with van der Waals surface area (Å²) in [5, 5.41) is 5.26. The highest BCUT2D eigenvalue weighted by atomic mass is 16.6. The van der Waals surface area contributed by atoms with E-state index in [1.165, 1.54) is 7.11 Å². The predicted octanol–water partition coefficient (Wildman–Crippen LogP) is 3.68. The SMILES string of the molecule is COC(=O)Nc1ccc(OC(C)C)c(CNC(=O)OC(C)(C)C)c1. The third-order valence-electron chi connectivity index (χ3n) is 2.68. The molecule has 0 heterocycles. The fourth-order valence-corrected chi connectivity index (χ4v) is 1.81. The molecule has 1 rings (SSSR count). The van der Waals surface area contributed by atoms with Gasteiger partial charge in [-0.3, -0.25) is 5.32 Å². The lowest BCUT2D eigenvalue weighted by Gasteiger charge is -2.20. The predicted molar refractivity (Wildman–Crippen MR) is 91.3 cm³/mol. The van der Waals surface area contributed by atoms with Crippen LogP contribution in [-0.2, 0) is 16.0 Å². The van der Waals surface area contributed by atoms with Gasteiger partial charge in [-0.05, 0) is 52.8 Å². The van der Waals surface area contributed by atoms with Gasteiger partial charge in [-0.2, -0.15) is 0 Å². The highest BCUT2D eigenvalue weighted by Crippen LogP contribution is 2.24. The molecule has 0 spiro atoms. The molecule has 0 radical (unpaired) electrons. The molecule has 7 nitrogen and oxygen atoms in total. The van der Waals surface area contributed by atoms with Crippen molar-refractivity contribution >= 4 is 17.9 Å². The zero-order valence-electron chi connectivity index (χ0n) is 15.1. The van der Waals surface area contributed by atoms with Gasteiger partial charge in [0.1, 0.15) is 11.4 Å². The molecule has 134 valence electrons. The van der Waals surface area contributed by atoms with Crippen molar-refractivity contribution in [3.63, 3.8) is 0 Å². The Labute approximate surface area is 142 Å². The van der Waals surface area contributed by atoms with Crippen molar-refractivity contribution in [1.82, 2.24) is 5.32 Å². The van der Waals surface area contributed by atoms with Crippen LogP contribution in [0, 0.1) is 0 Å². The summed E-state index contributed by atoms with van der Waals surface area (Å²) in [6.45, 7) is 9.40. The molecular weight excluding hydrogens is 312 g/mol. The van der Waals surface area contributed by atoms with Gasteiger partial charge >= 0.3 is 12.2 Å². The minimum absolute atomic E-state index is 0.0234. The Bertz CT molecular complexity index is 579. The monoisotopic (exact) mass is 338 g/mol.